The number of hydrogen-bond acceptors (Lipinski definition) is 5. The Morgan fingerprint density at radius 3 is 2.45 bits per heavy atom. The van der Waals surface area contributed by atoms with Crippen LogP contribution in [0.15, 0.2) is 83.5 Å². The molecule has 0 saturated carbocycles. The highest BCUT2D eigenvalue weighted by atomic mass is 16.3. The van der Waals surface area contributed by atoms with E-state index in [1.165, 1.54) is 6.26 Å². The molecule has 1 fully saturated rings. The summed E-state index contributed by atoms with van der Waals surface area (Å²) in [6.07, 6.45) is 5.15. The fourth-order valence-corrected chi connectivity index (χ4v) is 4.98. The van der Waals surface area contributed by atoms with Crippen molar-refractivity contribution in [1.29, 1.82) is 5.26 Å². The van der Waals surface area contributed by atoms with E-state index in [9.17, 15) is 14.9 Å². The molecule has 2 aromatic carbocycles. The van der Waals surface area contributed by atoms with Crippen LogP contribution in [0.3, 0.4) is 0 Å². The number of nitriles is 1. The fourth-order valence-electron chi connectivity index (χ4n) is 4.98. The predicted octanol–water partition coefficient (Wildman–Crippen LogP) is 3.53. The maximum atomic E-state index is 13.9. The zero-order valence-corrected chi connectivity index (χ0v) is 16.5. The second kappa shape index (κ2) is 6.99. The number of hydrogen-bond donors (Lipinski definition) is 1. The standard InChI is InChI=1S/C25H19N3O3/c26-15-25(24(27)30)20-13-12-16-7-4-5-10-18(16)28(20)22(21(25)19-11-6-14-31-19)23(29)17-8-2-1-3-9-17/h1-14,20-22H,(H2,27,30). The van der Waals surface area contributed by atoms with Crippen LogP contribution in [0.4, 0.5) is 5.69 Å². The van der Waals surface area contributed by atoms with Crippen molar-refractivity contribution in [3.05, 3.63) is 96.0 Å². The Kier molecular flexibility index (Phi) is 4.26. The summed E-state index contributed by atoms with van der Waals surface area (Å²) < 4.78 is 5.67. The van der Waals surface area contributed by atoms with Gasteiger partial charge in [-0.3, -0.25) is 9.59 Å². The van der Waals surface area contributed by atoms with Gasteiger partial charge in [0.15, 0.2) is 11.2 Å². The number of amides is 1. The lowest BCUT2D eigenvalue weighted by Gasteiger charge is -2.36. The van der Waals surface area contributed by atoms with Gasteiger partial charge in [-0.05, 0) is 23.8 Å². The first-order valence-corrected chi connectivity index (χ1v) is 9.99. The Labute approximate surface area is 179 Å². The molecule has 1 saturated heterocycles. The van der Waals surface area contributed by atoms with Crippen molar-refractivity contribution in [3.8, 4) is 6.07 Å². The lowest BCUT2D eigenvalue weighted by atomic mass is 9.69. The average molecular weight is 409 g/mol. The number of carbonyl (C=O) groups is 2. The Hall–Kier alpha value is -4.11. The Morgan fingerprint density at radius 2 is 1.77 bits per heavy atom. The molecule has 6 nitrogen and oxygen atoms in total. The van der Waals surface area contributed by atoms with E-state index < -0.39 is 29.3 Å². The molecule has 3 heterocycles. The number of Topliss-reactive ketones (excluding diaryl/α,β-unsaturated/α-hetero) is 1. The highest BCUT2D eigenvalue weighted by Gasteiger charge is 2.66. The number of rotatable bonds is 4. The van der Waals surface area contributed by atoms with E-state index in [0.29, 0.717) is 11.3 Å². The summed E-state index contributed by atoms with van der Waals surface area (Å²) in [4.78, 5) is 28.7. The minimum atomic E-state index is -1.68. The van der Waals surface area contributed by atoms with Gasteiger partial charge in [0.25, 0.3) is 0 Å². The number of nitrogens with two attached hydrogens (primary N) is 1. The Morgan fingerprint density at radius 1 is 1.03 bits per heavy atom. The minimum absolute atomic E-state index is 0.199. The largest absolute Gasteiger partial charge is 0.469 e. The van der Waals surface area contributed by atoms with E-state index in [1.807, 2.05) is 41.3 Å². The average Bonchev–Trinajstić information content (AvgIpc) is 3.43. The normalized spacial score (nSPS) is 26.0. The molecule has 0 radical (unpaired) electrons. The first-order valence-electron chi connectivity index (χ1n) is 9.99. The molecule has 2 aliphatic heterocycles. The van der Waals surface area contributed by atoms with Crippen molar-refractivity contribution in [2.75, 3.05) is 4.90 Å². The van der Waals surface area contributed by atoms with Crippen LogP contribution in [0.1, 0.15) is 27.6 Å². The van der Waals surface area contributed by atoms with E-state index in [0.717, 1.165) is 11.3 Å². The summed E-state index contributed by atoms with van der Waals surface area (Å²) >= 11 is 0. The van der Waals surface area contributed by atoms with Crippen LogP contribution in [0, 0.1) is 16.7 Å². The van der Waals surface area contributed by atoms with Crippen LogP contribution in [-0.2, 0) is 4.79 Å². The SMILES string of the molecule is N#CC1(C(N)=O)C(c2ccco2)C(C(=O)c2ccccc2)N2c3ccccc3C=CC21. The van der Waals surface area contributed by atoms with Crippen molar-refractivity contribution in [2.24, 2.45) is 11.1 Å². The van der Waals surface area contributed by atoms with Gasteiger partial charge in [0.2, 0.25) is 5.91 Å². The monoisotopic (exact) mass is 409 g/mol. The van der Waals surface area contributed by atoms with Crippen molar-refractivity contribution in [2.45, 2.75) is 18.0 Å². The topological polar surface area (TPSA) is 100 Å². The Bertz CT molecular complexity index is 1230. The first-order chi connectivity index (χ1) is 15.1. The van der Waals surface area contributed by atoms with Crippen LogP contribution in [-0.4, -0.2) is 23.8 Å². The molecule has 1 aromatic heterocycles. The van der Waals surface area contributed by atoms with Gasteiger partial charge in [0.1, 0.15) is 11.8 Å². The quantitative estimate of drug-likeness (QED) is 0.665. The number of furan rings is 1. The molecule has 0 spiro atoms. The molecule has 3 aromatic rings. The molecule has 2 N–H and O–H groups in total. The minimum Gasteiger partial charge on any atom is -0.469 e. The Balaban J connectivity index is 1.80. The first kappa shape index (κ1) is 18.9. The highest BCUT2D eigenvalue weighted by Crippen LogP contribution is 2.55. The number of nitrogens with zero attached hydrogens (tertiary/aromatic N) is 2. The number of benzene rings is 2. The summed E-state index contributed by atoms with van der Waals surface area (Å²) in [6.45, 7) is 0. The number of primary amides is 1. The molecule has 152 valence electrons. The lowest BCUT2D eigenvalue weighted by Crippen LogP contribution is -2.48. The summed E-state index contributed by atoms with van der Waals surface area (Å²) in [7, 11) is 0. The molecular weight excluding hydrogens is 390 g/mol. The number of anilines is 1. The van der Waals surface area contributed by atoms with Crippen LogP contribution in [0.2, 0.25) is 0 Å². The number of ketones is 1. The van der Waals surface area contributed by atoms with Crippen molar-refractivity contribution >= 4 is 23.5 Å². The summed E-state index contributed by atoms with van der Waals surface area (Å²) in [6, 6.07) is 20.5. The third kappa shape index (κ3) is 2.57. The maximum absolute atomic E-state index is 13.9. The number of fused-ring (bicyclic) bond motifs is 3. The van der Waals surface area contributed by atoms with Crippen LogP contribution < -0.4 is 10.6 Å². The fraction of sp³-hybridized carbons (Fsp3) is 0.160. The second-order valence-electron chi connectivity index (χ2n) is 7.78. The molecule has 1 amide bonds. The van der Waals surface area contributed by atoms with Crippen molar-refractivity contribution < 1.29 is 14.0 Å². The third-order valence-electron chi connectivity index (χ3n) is 6.31. The molecule has 0 aliphatic carbocycles. The van der Waals surface area contributed by atoms with Gasteiger partial charge < -0.3 is 15.1 Å². The van der Waals surface area contributed by atoms with Gasteiger partial charge in [-0.1, -0.05) is 60.7 Å². The zero-order chi connectivity index (χ0) is 21.6. The van der Waals surface area contributed by atoms with E-state index in [4.69, 9.17) is 10.2 Å². The van der Waals surface area contributed by atoms with Crippen LogP contribution in [0.25, 0.3) is 6.08 Å². The third-order valence-corrected chi connectivity index (χ3v) is 6.31. The van der Waals surface area contributed by atoms with Gasteiger partial charge in [0.05, 0.1) is 24.3 Å². The van der Waals surface area contributed by atoms with E-state index >= 15 is 0 Å². The molecule has 4 atom stereocenters. The smallest absolute Gasteiger partial charge is 0.241 e. The van der Waals surface area contributed by atoms with Crippen molar-refractivity contribution in [1.82, 2.24) is 0 Å². The van der Waals surface area contributed by atoms with Crippen LogP contribution >= 0.6 is 0 Å². The summed E-state index contributed by atoms with van der Waals surface area (Å²) in [5.41, 5.74) is 6.38. The molecule has 6 heteroatoms. The van der Waals surface area contributed by atoms with Gasteiger partial charge >= 0.3 is 0 Å². The van der Waals surface area contributed by atoms with Gasteiger partial charge in [0, 0.05) is 11.3 Å². The zero-order valence-electron chi connectivity index (χ0n) is 16.5. The summed E-state index contributed by atoms with van der Waals surface area (Å²) in [5, 5.41) is 10.3. The van der Waals surface area contributed by atoms with Gasteiger partial charge in [-0.2, -0.15) is 5.26 Å². The molecular formula is C25H19N3O3. The number of para-hydroxylation sites is 1. The highest BCUT2D eigenvalue weighted by molar-refractivity contribution is 6.06. The van der Waals surface area contributed by atoms with E-state index in [2.05, 4.69) is 6.07 Å². The maximum Gasteiger partial charge on any atom is 0.241 e. The van der Waals surface area contributed by atoms with Gasteiger partial charge in [-0.25, -0.2) is 0 Å². The van der Waals surface area contributed by atoms with E-state index in [-0.39, 0.29) is 5.78 Å². The summed E-state index contributed by atoms with van der Waals surface area (Å²) in [5.74, 6) is -1.47. The molecule has 2 aliphatic rings. The molecule has 0 bridgehead atoms. The second-order valence-corrected chi connectivity index (χ2v) is 7.78. The van der Waals surface area contributed by atoms with Crippen molar-refractivity contribution in [3.63, 3.8) is 0 Å². The number of carbonyl (C=O) groups excluding carboxylic acids is 2. The molecule has 4 unspecified atom stereocenters. The predicted molar refractivity (Wildman–Crippen MR) is 115 cm³/mol. The van der Waals surface area contributed by atoms with Crippen LogP contribution in [0.5, 0.6) is 0 Å². The lowest BCUT2D eigenvalue weighted by molar-refractivity contribution is -0.125. The molecule has 5 rings (SSSR count). The van der Waals surface area contributed by atoms with E-state index in [1.54, 1.807) is 42.5 Å². The van der Waals surface area contributed by atoms with Gasteiger partial charge in [-0.15, -0.1) is 0 Å². The molecule has 31 heavy (non-hydrogen) atoms.